The Morgan fingerprint density at radius 1 is 1.17 bits per heavy atom. The monoisotopic (exact) mass is 438 g/mol. The van der Waals surface area contributed by atoms with Gasteiger partial charge in [0.25, 0.3) is 10.0 Å². The maximum atomic E-state index is 13.0. The SMILES string of the molecule is C[C@H](N=C1NS(=O)(=O)c2ccccc21)C(=O)N(CCN(C)C)CC(=O)OC(C)(C)C. The highest BCUT2D eigenvalue weighted by molar-refractivity contribution is 7.90. The first kappa shape index (κ1) is 23.8. The van der Waals surface area contributed by atoms with Gasteiger partial charge < -0.3 is 14.5 Å². The number of benzene rings is 1. The van der Waals surface area contributed by atoms with E-state index >= 15 is 0 Å². The van der Waals surface area contributed by atoms with Crippen LogP contribution < -0.4 is 4.72 Å². The first-order chi connectivity index (χ1) is 13.8. The number of aliphatic imine (C=N–C) groups is 1. The number of esters is 1. The predicted octanol–water partition coefficient (Wildman–Crippen LogP) is 0.846. The Bertz CT molecular complexity index is 935. The first-order valence-corrected chi connectivity index (χ1v) is 11.1. The molecule has 0 spiro atoms. The van der Waals surface area contributed by atoms with Gasteiger partial charge in [-0.1, -0.05) is 12.1 Å². The lowest BCUT2D eigenvalue weighted by Crippen LogP contribution is -2.45. The van der Waals surface area contributed by atoms with Gasteiger partial charge in [-0.15, -0.1) is 0 Å². The zero-order valence-electron chi connectivity index (χ0n) is 18.3. The van der Waals surface area contributed by atoms with E-state index < -0.39 is 33.5 Å². The van der Waals surface area contributed by atoms with E-state index in [1.165, 1.54) is 11.0 Å². The number of hydrogen-bond donors (Lipinski definition) is 1. The summed E-state index contributed by atoms with van der Waals surface area (Å²) >= 11 is 0. The molecule has 0 fully saturated rings. The average molecular weight is 439 g/mol. The van der Waals surface area contributed by atoms with Gasteiger partial charge >= 0.3 is 5.97 Å². The number of fused-ring (bicyclic) bond motifs is 1. The van der Waals surface area contributed by atoms with Crippen LogP contribution in [0.5, 0.6) is 0 Å². The number of sulfonamides is 1. The van der Waals surface area contributed by atoms with E-state index in [4.69, 9.17) is 4.74 Å². The van der Waals surface area contributed by atoms with Crippen molar-refractivity contribution in [3.05, 3.63) is 29.8 Å². The Labute approximate surface area is 178 Å². The van der Waals surface area contributed by atoms with Crippen LogP contribution in [0.1, 0.15) is 33.3 Å². The third-order valence-electron chi connectivity index (χ3n) is 4.21. The summed E-state index contributed by atoms with van der Waals surface area (Å²) in [6.07, 6.45) is 0. The zero-order valence-corrected chi connectivity index (χ0v) is 19.1. The summed E-state index contributed by atoms with van der Waals surface area (Å²) in [4.78, 5) is 33.0. The van der Waals surface area contributed by atoms with Gasteiger partial charge in [-0.3, -0.25) is 19.3 Å². The Morgan fingerprint density at radius 3 is 2.40 bits per heavy atom. The Kier molecular flexibility index (Phi) is 7.25. The number of nitrogens with one attached hydrogen (secondary N) is 1. The summed E-state index contributed by atoms with van der Waals surface area (Å²) in [5.74, 6) is -0.781. The maximum Gasteiger partial charge on any atom is 0.326 e. The first-order valence-electron chi connectivity index (χ1n) is 9.65. The lowest BCUT2D eigenvalue weighted by molar-refractivity contribution is -0.159. The molecule has 1 atom stereocenters. The highest BCUT2D eigenvalue weighted by Crippen LogP contribution is 2.22. The summed E-state index contributed by atoms with van der Waals surface area (Å²) < 4.78 is 32.2. The van der Waals surface area contributed by atoms with Crippen LogP contribution in [-0.4, -0.2) is 81.3 Å². The number of amides is 1. The molecule has 1 N–H and O–H groups in total. The minimum atomic E-state index is -3.69. The number of carbonyl (C=O) groups excluding carboxylic acids is 2. The summed E-state index contributed by atoms with van der Waals surface area (Å²) in [5, 5.41) is 0. The number of amidine groups is 1. The topological polar surface area (TPSA) is 108 Å². The Morgan fingerprint density at radius 2 is 1.80 bits per heavy atom. The standard InChI is InChI=1S/C20H30N4O5S/c1-14(21-18-15-9-7-8-10-16(15)30(27,28)22-18)19(26)24(12-11-23(5)6)13-17(25)29-20(2,3)4/h7-10,14H,11-13H2,1-6H3,(H,21,22)/t14-/m0/s1. The summed E-state index contributed by atoms with van der Waals surface area (Å²) in [5.41, 5.74) is -0.241. The second kappa shape index (κ2) is 9.13. The van der Waals surface area contributed by atoms with E-state index in [-0.39, 0.29) is 17.3 Å². The Balaban J connectivity index is 2.22. The predicted molar refractivity (Wildman–Crippen MR) is 114 cm³/mol. The molecule has 1 aliphatic rings. The van der Waals surface area contributed by atoms with E-state index in [0.717, 1.165) is 0 Å². The number of rotatable bonds is 7. The minimum absolute atomic E-state index is 0.122. The van der Waals surface area contributed by atoms with Crippen molar-refractivity contribution in [2.75, 3.05) is 33.7 Å². The largest absolute Gasteiger partial charge is 0.459 e. The van der Waals surface area contributed by atoms with Crippen LogP contribution in [0.4, 0.5) is 0 Å². The van der Waals surface area contributed by atoms with E-state index in [2.05, 4.69) is 9.71 Å². The van der Waals surface area contributed by atoms with Crippen molar-refractivity contribution in [2.24, 2.45) is 4.99 Å². The van der Waals surface area contributed by atoms with Crippen molar-refractivity contribution in [3.8, 4) is 0 Å². The molecule has 0 aromatic heterocycles. The van der Waals surface area contributed by atoms with Crippen molar-refractivity contribution in [1.29, 1.82) is 0 Å². The summed E-state index contributed by atoms with van der Waals surface area (Å²) in [6.45, 7) is 7.50. The van der Waals surface area contributed by atoms with Gasteiger partial charge in [0.1, 0.15) is 24.0 Å². The van der Waals surface area contributed by atoms with Gasteiger partial charge in [-0.25, -0.2) is 8.42 Å². The van der Waals surface area contributed by atoms with Crippen molar-refractivity contribution in [1.82, 2.24) is 14.5 Å². The van der Waals surface area contributed by atoms with Crippen molar-refractivity contribution >= 4 is 27.7 Å². The van der Waals surface area contributed by atoms with Crippen LogP contribution in [0.25, 0.3) is 0 Å². The van der Waals surface area contributed by atoms with Gasteiger partial charge in [0, 0.05) is 18.7 Å². The van der Waals surface area contributed by atoms with Crippen LogP contribution in [0.15, 0.2) is 34.2 Å². The average Bonchev–Trinajstić information content (AvgIpc) is 2.87. The molecule has 0 radical (unpaired) electrons. The number of likely N-dealkylation sites (N-methyl/N-ethyl adjacent to an activating group) is 1. The normalized spacial score (nSPS) is 17.4. The van der Waals surface area contributed by atoms with Gasteiger partial charge in [-0.05, 0) is 53.9 Å². The molecular weight excluding hydrogens is 408 g/mol. The maximum absolute atomic E-state index is 13.0. The van der Waals surface area contributed by atoms with Crippen LogP contribution in [0, 0.1) is 0 Å². The molecule has 10 heteroatoms. The molecule has 1 aliphatic heterocycles. The molecule has 0 saturated carbocycles. The summed E-state index contributed by atoms with van der Waals surface area (Å²) in [6, 6.07) is 5.55. The molecule has 1 aromatic rings. The third-order valence-corrected chi connectivity index (χ3v) is 5.61. The summed E-state index contributed by atoms with van der Waals surface area (Å²) in [7, 11) is 0.0366. The number of ether oxygens (including phenoxy) is 1. The third kappa shape index (κ3) is 6.27. The smallest absolute Gasteiger partial charge is 0.326 e. The molecule has 166 valence electrons. The number of nitrogens with zero attached hydrogens (tertiary/aromatic N) is 3. The van der Waals surface area contributed by atoms with Crippen LogP contribution in [0.2, 0.25) is 0 Å². The van der Waals surface area contributed by atoms with E-state index in [0.29, 0.717) is 18.7 Å². The molecule has 0 unspecified atom stereocenters. The molecule has 0 bridgehead atoms. The van der Waals surface area contributed by atoms with E-state index in [1.54, 1.807) is 45.9 Å². The van der Waals surface area contributed by atoms with Gasteiger partial charge in [-0.2, -0.15) is 0 Å². The quantitative estimate of drug-likeness (QED) is 0.632. The molecule has 0 aliphatic carbocycles. The second-order valence-electron chi connectivity index (χ2n) is 8.40. The van der Waals surface area contributed by atoms with Gasteiger partial charge in [0.15, 0.2) is 0 Å². The fourth-order valence-electron chi connectivity index (χ4n) is 2.86. The molecule has 9 nitrogen and oxygen atoms in total. The van der Waals surface area contributed by atoms with Gasteiger partial charge in [0.05, 0.1) is 4.90 Å². The van der Waals surface area contributed by atoms with Gasteiger partial charge in [0.2, 0.25) is 5.91 Å². The number of carbonyl (C=O) groups is 2. The fourth-order valence-corrected chi connectivity index (χ4v) is 4.10. The fraction of sp³-hybridized carbons (Fsp3) is 0.550. The highest BCUT2D eigenvalue weighted by Gasteiger charge is 2.32. The lowest BCUT2D eigenvalue weighted by Gasteiger charge is -2.27. The van der Waals surface area contributed by atoms with Crippen molar-refractivity contribution in [3.63, 3.8) is 0 Å². The van der Waals surface area contributed by atoms with Crippen LogP contribution in [0.3, 0.4) is 0 Å². The second-order valence-corrected chi connectivity index (χ2v) is 10.1. The van der Waals surface area contributed by atoms with Crippen LogP contribution in [-0.2, 0) is 24.3 Å². The highest BCUT2D eigenvalue weighted by atomic mass is 32.2. The van der Waals surface area contributed by atoms with Crippen molar-refractivity contribution in [2.45, 2.75) is 44.2 Å². The molecule has 0 saturated heterocycles. The molecule has 1 aromatic carbocycles. The molecule has 1 heterocycles. The zero-order chi connectivity index (χ0) is 22.7. The molecule has 30 heavy (non-hydrogen) atoms. The lowest BCUT2D eigenvalue weighted by atomic mass is 10.2. The Hall–Kier alpha value is -2.46. The number of hydrogen-bond acceptors (Lipinski definition) is 7. The van der Waals surface area contributed by atoms with Crippen LogP contribution >= 0.6 is 0 Å². The minimum Gasteiger partial charge on any atom is -0.459 e. The molecule has 2 rings (SSSR count). The molecular formula is C20H30N4O5S. The molecule has 1 amide bonds. The van der Waals surface area contributed by atoms with E-state index in [9.17, 15) is 18.0 Å². The van der Waals surface area contributed by atoms with Crippen molar-refractivity contribution < 1.29 is 22.7 Å². The van der Waals surface area contributed by atoms with E-state index in [1.807, 2.05) is 19.0 Å².